The van der Waals surface area contributed by atoms with Crippen molar-refractivity contribution >= 4 is 69.4 Å². The van der Waals surface area contributed by atoms with Crippen LogP contribution in [0.5, 0.6) is 0 Å². The molecule has 0 aromatic rings. The summed E-state index contributed by atoms with van der Waals surface area (Å²) in [7, 11) is 0. The van der Waals surface area contributed by atoms with Crippen LogP contribution in [-0.2, 0) is 0 Å². The second-order valence-corrected chi connectivity index (χ2v) is 0. The van der Waals surface area contributed by atoms with Gasteiger partial charge in [-0.3, -0.25) is 0 Å². The van der Waals surface area contributed by atoms with Gasteiger partial charge in [-0.25, -0.2) is 0 Å². The van der Waals surface area contributed by atoms with Gasteiger partial charge >= 0.3 is 0 Å². The van der Waals surface area contributed by atoms with Crippen molar-refractivity contribution < 1.29 is 27.4 Å². The first kappa shape index (κ1) is 289. The van der Waals surface area contributed by atoms with E-state index in [0.717, 1.165) is 0 Å². The third-order valence-electron chi connectivity index (χ3n) is 0. The minimum atomic E-state index is 0. The Morgan fingerprint density at radius 3 is 0.222 bits per heavy atom. The first-order valence-electron chi connectivity index (χ1n) is 0. The van der Waals surface area contributed by atoms with Crippen LogP contribution in [0.2, 0.25) is 0 Å². The van der Waals surface area contributed by atoms with E-state index in [2.05, 4.69) is 0 Å². The molecule has 9 heavy (non-hydrogen) atoms. The van der Waals surface area contributed by atoms with E-state index in [0.29, 0.717) is 0 Å². The molecule has 0 aliphatic rings. The Bertz CT molecular complexity index is 8.92. The second kappa shape index (κ2) is 213. The Balaban J connectivity index is 0. The average molecular weight is 210 g/mol. The number of hydrogen-bond donors (Lipinski definition) is 0. The van der Waals surface area contributed by atoms with E-state index in [1.54, 1.807) is 0 Å². The molecule has 0 unspecified atom stereocenters. The van der Waals surface area contributed by atoms with Gasteiger partial charge in [0.1, 0.15) is 0 Å². The van der Waals surface area contributed by atoms with Gasteiger partial charge in [0.25, 0.3) is 0 Å². The van der Waals surface area contributed by atoms with Gasteiger partial charge in [0.05, 0.1) is 0 Å². The lowest BCUT2D eigenvalue weighted by Crippen LogP contribution is -0.382. The van der Waals surface area contributed by atoms with Gasteiger partial charge in [-0.2, -0.15) is 0 Å². The normalized spacial score (nSPS) is 0. The lowest BCUT2D eigenvalue weighted by atomic mass is 16.0. The highest BCUT2D eigenvalue weighted by Gasteiger charge is 0.190. The van der Waals surface area contributed by atoms with Crippen LogP contribution in [0.1, 0.15) is 0 Å². The van der Waals surface area contributed by atoms with Gasteiger partial charge in [0.15, 0.2) is 69.4 Å². The summed E-state index contributed by atoms with van der Waals surface area (Å²) < 4.78 is 0. The quantitative estimate of drug-likeness (QED) is 0.348. The van der Waals surface area contributed by atoms with Crippen molar-refractivity contribution in [1.29, 1.82) is 0 Å². The van der Waals surface area contributed by atoms with Crippen LogP contribution in [0.15, 0.2) is 0 Å². The van der Waals surface area contributed by atoms with Crippen molar-refractivity contribution in [2.24, 2.45) is 0 Å². The van der Waals surface area contributed by atoms with Gasteiger partial charge in [0, 0.05) is 0 Å². The minimum Gasteiger partial charge on any atom is -0.412 e. The predicted octanol–water partition coefficient (Wildman–Crippen LogP) is -8.86. The molecule has 5 nitrogen and oxygen atoms in total. The summed E-state index contributed by atoms with van der Waals surface area (Å²) in [4.78, 5) is 0. The van der Waals surface area contributed by atoms with Crippen molar-refractivity contribution in [1.82, 2.24) is 0 Å². The molecule has 0 saturated heterocycles. The molecule has 0 fully saturated rings. The van der Waals surface area contributed by atoms with Crippen molar-refractivity contribution in [2.45, 2.75) is 0 Å². The molecule has 0 bridgehead atoms. The molecule has 0 aromatic heterocycles. The van der Waals surface area contributed by atoms with Gasteiger partial charge < -0.3 is 27.4 Å². The molecule has 9 heteroatoms. The highest BCUT2D eigenvalue weighted by molar-refractivity contribution is 5.76. The topological polar surface area (TPSA) is 158 Å². The van der Waals surface area contributed by atoms with Crippen molar-refractivity contribution in [3.05, 3.63) is 0 Å². The monoisotopic (exact) mass is 210 g/mol. The molecule has 0 saturated carbocycles. The fourth-order valence-corrected chi connectivity index (χ4v) is 0. The summed E-state index contributed by atoms with van der Waals surface area (Å²) in [6, 6.07) is 0. The summed E-state index contributed by atoms with van der Waals surface area (Å²) in [5.74, 6) is 0. The van der Waals surface area contributed by atoms with E-state index >= 15 is 0 Å². The van der Waals surface area contributed by atoms with E-state index in [4.69, 9.17) is 0 Å². The standard InChI is InChI=1S/4Al.5H2O.12H/h;;;;5*1H2;;;;;;;;;;;;. The molecule has 0 amide bonds. The zero-order chi connectivity index (χ0) is 0. The predicted molar refractivity (Wildman–Crippen MR) is 57.8 cm³/mol. The summed E-state index contributed by atoms with van der Waals surface area (Å²) in [6.45, 7) is 0. The van der Waals surface area contributed by atoms with Crippen LogP contribution in [0, 0.1) is 0 Å². The Labute approximate surface area is 96.3 Å². The van der Waals surface area contributed by atoms with Crippen LogP contribution in [-0.4, -0.2) is 96.8 Å². The molecular weight excluding hydrogens is 188 g/mol. The summed E-state index contributed by atoms with van der Waals surface area (Å²) >= 11 is 0. The number of rotatable bonds is 0. The molecule has 0 spiro atoms. The Hall–Kier alpha value is 1.93. The third-order valence-corrected chi connectivity index (χ3v) is 0. The lowest BCUT2D eigenvalue weighted by molar-refractivity contribution is 0.823. The molecule has 0 atom stereocenters. The average Bonchev–Trinajstić information content (AvgIpc) is 0. The van der Waals surface area contributed by atoms with Crippen LogP contribution < -0.4 is 0 Å². The maximum atomic E-state index is 0. The van der Waals surface area contributed by atoms with Crippen LogP contribution >= 0.6 is 0 Å². The van der Waals surface area contributed by atoms with Crippen molar-refractivity contribution in [3.63, 3.8) is 0 Å². The molecule has 10 N–H and O–H groups in total. The Kier molecular flexibility index (Phi) is 6840. The van der Waals surface area contributed by atoms with Gasteiger partial charge in [-0.05, 0) is 0 Å². The fourth-order valence-electron chi connectivity index (χ4n) is 0. The maximum Gasteiger partial charge on any atom is 0.187 e. The summed E-state index contributed by atoms with van der Waals surface area (Å²) in [5.41, 5.74) is 0. The SMILES string of the molecule is O.O.O.O.O.[AlH3].[AlH3].[AlH3].[AlH3]. The zero-order valence-corrected chi connectivity index (χ0v) is 2.50. The highest BCUT2D eigenvalue weighted by atomic mass is 27.0. The molecule has 0 aliphatic heterocycles. The largest absolute Gasteiger partial charge is 0.412 e. The van der Waals surface area contributed by atoms with E-state index < -0.39 is 0 Å². The molecule has 0 radical (unpaired) electrons. The number of hydrogen-bond acceptors (Lipinski definition) is 0. The molecule has 64 valence electrons. The van der Waals surface area contributed by atoms with Gasteiger partial charge in [-0.1, -0.05) is 0 Å². The molecule has 0 aliphatic carbocycles. The Morgan fingerprint density at radius 2 is 0.222 bits per heavy atom. The van der Waals surface area contributed by atoms with E-state index in [1.165, 1.54) is 0 Å². The molecule has 0 rings (SSSR count). The van der Waals surface area contributed by atoms with E-state index in [-0.39, 0.29) is 96.8 Å². The van der Waals surface area contributed by atoms with E-state index in [9.17, 15) is 0 Å². The highest BCUT2D eigenvalue weighted by Crippen LogP contribution is -0.285. The van der Waals surface area contributed by atoms with Crippen LogP contribution in [0.25, 0.3) is 0 Å². The van der Waals surface area contributed by atoms with Crippen LogP contribution in [0.3, 0.4) is 0 Å². The minimum absolute atomic E-state index is 0. The van der Waals surface area contributed by atoms with Crippen molar-refractivity contribution in [3.8, 4) is 0 Å². The van der Waals surface area contributed by atoms with Gasteiger partial charge in [-0.15, -0.1) is 0 Å². The van der Waals surface area contributed by atoms with E-state index in [1.807, 2.05) is 0 Å². The Morgan fingerprint density at radius 1 is 0.222 bits per heavy atom. The molecule has 0 aromatic carbocycles. The lowest BCUT2D eigenvalue weighted by Gasteiger charge is -0.413. The third kappa shape index (κ3) is 168. The first-order valence-corrected chi connectivity index (χ1v) is 0. The van der Waals surface area contributed by atoms with Crippen molar-refractivity contribution in [2.75, 3.05) is 0 Å². The molecular formula is H22Al4O5. The summed E-state index contributed by atoms with van der Waals surface area (Å²) in [5, 5.41) is 0. The fraction of sp³-hybridized carbons (Fsp3) is 0. The van der Waals surface area contributed by atoms with Gasteiger partial charge in [0.2, 0.25) is 0 Å². The zero-order valence-electron chi connectivity index (χ0n) is 2.50. The maximum absolute atomic E-state index is 0. The molecule has 0 heterocycles. The smallest absolute Gasteiger partial charge is 0.187 e. The second-order valence-electron chi connectivity index (χ2n) is 0. The first-order chi connectivity index (χ1) is 0. The van der Waals surface area contributed by atoms with Crippen LogP contribution in [0.4, 0.5) is 0 Å². The summed E-state index contributed by atoms with van der Waals surface area (Å²) in [6.07, 6.45) is 0.